The summed E-state index contributed by atoms with van der Waals surface area (Å²) in [6.07, 6.45) is 97.9. The Kier molecular flexibility index (Phi) is 60.5. The van der Waals surface area contributed by atoms with Crippen molar-refractivity contribution >= 4 is 17.9 Å². The average molecular weight is 1090 g/mol. The van der Waals surface area contributed by atoms with Crippen LogP contribution in [0.4, 0.5) is 0 Å². The van der Waals surface area contributed by atoms with Crippen molar-refractivity contribution < 1.29 is 28.6 Å². The first-order chi connectivity index (χ1) is 39.0. The summed E-state index contributed by atoms with van der Waals surface area (Å²) >= 11 is 0. The summed E-state index contributed by atoms with van der Waals surface area (Å²) in [4.78, 5) is 38.0. The highest BCUT2D eigenvalue weighted by molar-refractivity contribution is 5.71. The van der Waals surface area contributed by atoms with Crippen LogP contribution in [0.3, 0.4) is 0 Å². The Labute approximate surface area is 484 Å². The van der Waals surface area contributed by atoms with E-state index in [1.54, 1.807) is 0 Å². The highest BCUT2D eigenvalue weighted by Crippen LogP contribution is 2.13. The third kappa shape index (κ3) is 63.2. The Balaban J connectivity index is 4.26. The van der Waals surface area contributed by atoms with Gasteiger partial charge in [0.1, 0.15) is 13.2 Å². The first kappa shape index (κ1) is 73.5. The normalized spacial score (nSPS) is 13.4. The highest BCUT2D eigenvalue weighted by atomic mass is 16.6. The maximum atomic E-state index is 12.8. The summed E-state index contributed by atoms with van der Waals surface area (Å²) in [6.45, 7) is 6.27. The smallest absolute Gasteiger partial charge is 0.306 e. The molecule has 0 N–H and O–H groups in total. The van der Waals surface area contributed by atoms with E-state index in [4.69, 9.17) is 14.2 Å². The van der Waals surface area contributed by atoms with Gasteiger partial charge in [0.15, 0.2) is 6.10 Å². The van der Waals surface area contributed by atoms with Gasteiger partial charge in [0.2, 0.25) is 0 Å². The van der Waals surface area contributed by atoms with Gasteiger partial charge in [-0.15, -0.1) is 0 Å². The molecule has 0 aromatic rings. The lowest BCUT2D eigenvalue weighted by atomic mass is 10.1. The van der Waals surface area contributed by atoms with Crippen LogP contribution in [0, 0.1) is 0 Å². The van der Waals surface area contributed by atoms with E-state index < -0.39 is 12.1 Å². The van der Waals surface area contributed by atoms with E-state index in [-0.39, 0.29) is 31.6 Å². The molecule has 0 fully saturated rings. The van der Waals surface area contributed by atoms with Gasteiger partial charge in [0.05, 0.1) is 0 Å². The Hall–Kier alpha value is -5.49. The number of esters is 3. The van der Waals surface area contributed by atoms with E-state index in [1.165, 1.54) is 44.9 Å². The molecule has 0 saturated heterocycles. The second-order valence-electron chi connectivity index (χ2n) is 19.9. The molecule has 6 nitrogen and oxygen atoms in total. The number of hydrogen-bond donors (Lipinski definition) is 0. The second-order valence-corrected chi connectivity index (χ2v) is 19.9. The zero-order chi connectivity index (χ0) is 57.1. The molecule has 440 valence electrons. The molecule has 1 atom stereocenters. The van der Waals surface area contributed by atoms with E-state index in [0.29, 0.717) is 19.3 Å². The van der Waals surface area contributed by atoms with Crippen LogP contribution in [-0.2, 0) is 28.6 Å². The third-order valence-corrected chi connectivity index (χ3v) is 12.4. The fourth-order valence-corrected chi connectivity index (χ4v) is 7.81. The standard InChI is InChI=1S/C73H112O6/c1-4-7-10-13-16-18-20-22-24-26-28-29-30-31-32-33-34-35-36-37-38-39-40-41-42-43-45-46-48-50-52-54-57-60-63-66-72(75)78-69-70(68-77-71(74)65-62-59-56-15-12-9-6-3)79-73(76)67-64-61-58-55-53-51-49-47-44-27-25-23-21-19-17-14-11-8-5-2/h7-8,10-11,16-19,22-25,28-29,31-32,34-35,37-38,40-41,43-45,47,51,53,58,61,70H,4-6,9,12-15,20-21,26-27,30,33,36,39,42,46,48-50,52,54-57,59-60,62-69H2,1-3H3/b10-7-,11-8-,18-16-,19-17-,24-22-,25-23-,29-28-,32-31-,35-34-,38-37-,41-40-,45-43-,47-44-,53-51-,61-58-. The molecule has 6 heteroatoms. The molecule has 0 spiro atoms. The lowest BCUT2D eigenvalue weighted by Gasteiger charge is -2.18. The zero-order valence-corrected chi connectivity index (χ0v) is 50.3. The molecule has 0 bridgehead atoms. The first-order valence-corrected chi connectivity index (χ1v) is 31.3. The van der Waals surface area contributed by atoms with Gasteiger partial charge >= 0.3 is 17.9 Å². The molecule has 0 heterocycles. The Bertz CT molecular complexity index is 1870. The van der Waals surface area contributed by atoms with Crippen molar-refractivity contribution in [1.82, 2.24) is 0 Å². The van der Waals surface area contributed by atoms with Crippen molar-refractivity contribution in [1.29, 1.82) is 0 Å². The lowest BCUT2D eigenvalue weighted by Crippen LogP contribution is -2.30. The first-order valence-electron chi connectivity index (χ1n) is 31.3. The van der Waals surface area contributed by atoms with E-state index in [1.807, 2.05) is 12.2 Å². The second kappa shape index (κ2) is 65.0. The number of carbonyl (C=O) groups is 3. The largest absolute Gasteiger partial charge is 0.462 e. The van der Waals surface area contributed by atoms with Crippen LogP contribution >= 0.6 is 0 Å². The topological polar surface area (TPSA) is 78.9 Å². The van der Waals surface area contributed by atoms with Gasteiger partial charge in [-0.25, -0.2) is 0 Å². The fourth-order valence-electron chi connectivity index (χ4n) is 7.81. The summed E-state index contributed by atoms with van der Waals surface area (Å²) in [5, 5.41) is 0. The SMILES string of the molecule is CC/C=C\C/C=C\C/C=C\C/C=C\C/C=C\C/C=C\C/C=C\C/C=C\C/C=C\CCCCCCCCCC(=O)OCC(COC(=O)CCCCCCCCC)OC(=O)CC/C=C\C/C=C\C/C=C\C/C=C\C/C=C\C/C=C\CC. The van der Waals surface area contributed by atoms with E-state index >= 15 is 0 Å². The number of allylic oxidation sites excluding steroid dienone is 30. The van der Waals surface area contributed by atoms with Gasteiger partial charge in [-0.3, -0.25) is 14.4 Å². The molecular weight excluding hydrogens is 973 g/mol. The number of hydrogen-bond acceptors (Lipinski definition) is 6. The van der Waals surface area contributed by atoms with Crippen LogP contribution in [0.5, 0.6) is 0 Å². The van der Waals surface area contributed by atoms with Crippen LogP contribution in [-0.4, -0.2) is 37.2 Å². The molecule has 0 saturated carbocycles. The Morgan fingerprint density at radius 2 is 0.519 bits per heavy atom. The minimum atomic E-state index is -0.830. The van der Waals surface area contributed by atoms with Crippen LogP contribution in [0.15, 0.2) is 182 Å². The zero-order valence-electron chi connectivity index (χ0n) is 50.3. The van der Waals surface area contributed by atoms with Crippen molar-refractivity contribution in [3.05, 3.63) is 182 Å². The molecule has 0 aliphatic carbocycles. The quantitative estimate of drug-likeness (QED) is 0.0261. The average Bonchev–Trinajstić information content (AvgIpc) is 3.45. The summed E-state index contributed by atoms with van der Waals surface area (Å²) < 4.78 is 16.7. The highest BCUT2D eigenvalue weighted by Gasteiger charge is 2.19. The van der Waals surface area contributed by atoms with Crippen LogP contribution < -0.4 is 0 Å². The number of rotatable bonds is 54. The van der Waals surface area contributed by atoms with Gasteiger partial charge in [0, 0.05) is 19.3 Å². The van der Waals surface area contributed by atoms with E-state index in [0.717, 1.165) is 148 Å². The number of unbranched alkanes of at least 4 members (excludes halogenated alkanes) is 13. The lowest BCUT2D eigenvalue weighted by molar-refractivity contribution is -0.166. The van der Waals surface area contributed by atoms with Crippen LogP contribution in [0.2, 0.25) is 0 Å². The van der Waals surface area contributed by atoms with Gasteiger partial charge in [-0.2, -0.15) is 0 Å². The van der Waals surface area contributed by atoms with Crippen LogP contribution in [0.1, 0.15) is 239 Å². The minimum absolute atomic E-state index is 0.119. The Morgan fingerprint density at radius 3 is 0.823 bits per heavy atom. The molecule has 79 heavy (non-hydrogen) atoms. The summed E-state index contributed by atoms with van der Waals surface area (Å²) in [5.74, 6) is -1.03. The monoisotopic (exact) mass is 1080 g/mol. The molecule has 1 unspecified atom stereocenters. The fraction of sp³-hybridized carbons (Fsp3) is 0.548. The summed E-state index contributed by atoms with van der Waals surface area (Å²) in [5.41, 5.74) is 0. The molecular formula is C73H112O6. The predicted octanol–water partition coefficient (Wildman–Crippen LogP) is 21.7. The molecule has 0 aliphatic rings. The summed E-state index contributed by atoms with van der Waals surface area (Å²) in [6, 6.07) is 0. The summed E-state index contributed by atoms with van der Waals surface area (Å²) in [7, 11) is 0. The molecule has 0 aromatic carbocycles. The maximum Gasteiger partial charge on any atom is 0.306 e. The number of ether oxygens (including phenoxy) is 3. The molecule has 0 radical (unpaired) electrons. The third-order valence-electron chi connectivity index (χ3n) is 12.4. The number of carbonyl (C=O) groups excluding carboxylic acids is 3. The van der Waals surface area contributed by atoms with Crippen molar-refractivity contribution in [3.8, 4) is 0 Å². The van der Waals surface area contributed by atoms with Crippen LogP contribution in [0.25, 0.3) is 0 Å². The van der Waals surface area contributed by atoms with Gasteiger partial charge in [-0.1, -0.05) is 274 Å². The van der Waals surface area contributed by atoms with Gasteiger partial charge in [-0.05, 0) is 128 Å². The van der Waals surface area contributed by atoms with E-state index in [9.17, 15) is 14.4 Å². The minimum Gasteiger partial charge on any atom is -0.462 e. The molecule has 0 amide bonds. The van der Waals surface area contributed by atoms with E-state index in [2.05, 4.69) is 191 Å². The van der Waals surface area contributed by atoms with Crippen molar-refractivity contribution in [2.45, 2.75) is 245 Å². The van der Waals surface area contributed by atoms with Crippen molar-refractivity contribution in [2.24, 2.45) is 0 Å². The molecule has 0 aromatic heterocycles. The molecule has 0 aliphatic heterocycles. The van der Waals surface area contributed by atoms with Gasteiger partial charge < -0.3 is 14.2 Å². The molecule has 0 rings (SSSR count). The van der Waals surface area contributed by atoms with Gasteiger partial charge in [0.25, 0.3) is 0 Å². The maximum absolute atomic E-state index is 12.8. The predicted molar refractivity (Wildman–Crippen MR) is 343 cm³/mol. The van der Waals surface area contributed by atoms with Crippen molar-refractivity contribution in [2.75, 3.05) is 13.2 Å². The Morgan fingerprint density at radius 1 is 0.266 bits per heavy atom. The van der Waals surface area contributed by atoms with Crippen molar-refractivity contribution in [3.63, 3.8) is 0 Å².